The molecule has 1 aliphatic heterocycles. The Labute approximate surface area is 173 Å². The molecular weight excluding hydrogens is 384 g/mol. The van der Waals surface area contributed by atoms with Gasteiger partial charge in [0.25, 0.3) is 0 Å². The molecule has 0 bridgehead atoms. The molecule has 4 rings (SSSR count). The van der Waals surface area contributed by atoms with Gasteiger partial charge in [0.15, 0.2) is 5.13 Å². The van der Waals surface area contributed by atoms with Crippen LogP contribution in [0.25, 0.3) is 10.2 Å². The summed E-state index contributed by atoms with van der Waals surface area (Å²) < 4.78 is 1.09. The number of urea groups is 1. The third-order valence-corrected chi connectivity index (χ3v) is 6.16. The molecule has 1 fully saturated rings. The molecule has 0 spiro atoms. The van der Waals surface area contributed by atoms with E-state index in [1.807, 2.05) is 37.3 Å². The van der Waals surface area contributed by atoms with E-state index in [2.05, 4.69) is 34.7 Å². The van der Waals surface area contributed by atoms with Gasteiger partial charge in [0.2, 0.25) is 5.91 Å². The number of hydrogen-bond donors (Lipinski definition) is 2. The predicted molar refractivity (Wildman–Crippen MR) is 117 cm³/mol. The van der Waals surface area contributed by atoms with E-state index in [9.17, 15) is 9.59 Å². The van der Waals surface area contributed by atoms with Crippen LogP contribution in [-0.2, 0) is 4.79 Å². The minimum atomic E-state index is -0.118. The number of likely N-dealkylation sites (tertiary alicyclic amines) is 1. The molecule has 2 heterocycles. The van der Waals surface area contributed by atoms with Crippen LogP contribution in [0.5, 0.6) is 0 Å². The SMILES string of the molecule is Cc1cc(C)c2nc(NC(=O)C3CCN(C(=O)Nc4ccccc4)CC3)sc2c1. The summed E-state index contributed by atoms with van der Waals surface area (Å²) >= 11 is 1.51. The van der Waals surface area contributed by atoms with Crippen LogP contribution in [0.2, 0.25) is 0 Å². The van der Waals surface area contributed by atoms with E-state index in [0.29, 0.717) is 31.1 Å². The lowest BCUT2D eigenvalue weighted by molar-refractivity contribution is -0.121. The van der Waals surface area contributed by atoms with E-state index in [-0.39, 0.29) is 17.9 Å². The number of hydrogen-bond acceptors (Lipinski definition) is 4. The van der Waals surface area contributed by atoms with Crippen LogP contribution in [0.15, 0.2) is 42.5 Å². The number of carbonyl (C=O) groups excluding carboxylic acids is 2. The van der Waals surface area contributed by atoms with Crippen molar-refractivity contribution in [3.63, 3.8) is 0 Å². The monoisotopic (exact) mass is 408 g/mol. The van der Waals surface area contributed by atoms with Crippen LogP contribution >= 0.6 is 11.3 Å². The average molecular weight is 409 g/mol. The van der Waals surface area contributed by atoms with Gasteiger partial charge in [0, 0.05) is 24.7 Å². The van der Waals surface area contributed by atoms with E-state index >= 15 is 0 Å². The zero-order chi connectivity index (χ0) is 20.4. The van der Waals surface area contributed by atoms with Crippen molar-refractivity contribution in [2.45, 2.75) is 26.7 Å². The summed E-state index contributed by atoms with van der Waals surface area (Å²) in [5.41, 5.74) is 4.04. The van der Waals surface area contributed by atoms with E-state index in [4.69, 9.17) is 0 Å². The van der Waals surface area contributed by atoms with Gasteiger partial charge in [-0.15, -0.1) is 0 Å². The minimum Gasteiger partial charge on any atom is -0.324 e. The van der Waals surface area contributed by atoms with Crippen LogP contribution in [0.4, 0.5) is 15.6 Å². The van der Waals surface area contributed by atoms with E-state index < -0.39 is 0 Å². The fourth-order valence-corrected chi connectivity index (χ4v) is 4.75. The Morgan fingerprint density at radius 1 is 1.07 bits per heavy atom. The molecule has 2 N–H and O–H groups in total. The van der Waals surface area contributed by atoms with Gasteiger partial charge < -0.3 is 15.5 Å². The molecule has 29 heavy (non-hydrogen) atoms. The van der Waals surface area contributed by atoms with Gasteiger partial charge in [-0.3, -0.25) is 4.79 Å². The Hall–Kier alpha value is -2.93. The lowest BCUT2D eigenvalue weighted by atomic mass is 9.96. The molecule has 0 unspecified atom stereocenters. The maximum Gasteiger partial charge on any atom is 0.321 e. The van der Waals surface area contributed by atoms with Crippen molar-refractivity contribution in [1.29, 1.82) is 0 Å². The summed E-state index contributed by atoms with van der Waals surface area (Å²) in [7, 11) is 0. The molecule has 1 aliphatic rings. The Morgan fingerprint density at radius 2 is 1.79 bits per heavy atom. The normalized spacial score (nSPS) is 14.8. The average Bonchev–Trinajstić information content (AvgIpc) is 3.11. The molecule has 0 saturated carbocycles. The molecule has 150 valence electrons. The van der Waals surface area contributed by atoms with Crippen molar-refractivity contribution < 1.29 is 9.59 Å². The zero-order valence-corrected chi connectivity index (χ0v) is 17.4. The van der Waals surface area contributed by atoms with Crippen LogP contribution in [0, 0.1) is 19.8 Å². The molecule has 3 amide bonds. The molecular formula is C22H24N4O2S. The lowest BCUT2D eigenvalue weighted by Gasteiger charge is -2.31. The van der Waals surface area contributed by atoms with Crippen LogP contribution in [0.1, 0.15) is 24.0 Å². The number of fused-ring (bicyclic) bond motifs is 1. The molecule has 7 heteroatoms. The van der Waals surface area contributed by atoms with Gasteiger partial charge in [-0.25, -0.2) is 9.78 Å². The van der Waals surface area contributed by atoms with E-state index in [0.717, 1.165) is 21.5 Å². The highest BCUT2D eigenvalue weighted by molar-refractivity contribution is 7.22. The topological polar surface area (TPSA) is 74.3 Å². The second-order valence-electron chi connectivity index (χ2n) is 7.49. The minimum absolute atomic E-state index is 0.0125. The maximum absolute atomic E-state index is 12.7. The van der Waals surface area contributed by atoms with Crippen molar-refractivity contribution in [3.8, 4) is 0 Å². The number of anilines is 2. The molecule has 0 radical (unpaired) electrons. The Balaban J connectivity index is 1.33. The number of aryl methyl sites for hydroxylation is 2. The Bertz CT molecular complexity index is 1040. The Kier molecular flexibility index (Phi) is 5.49. The first-order chi connectivity index (χ1) is 14.0. The summed E-state index contributed by atoms with van der Waals surface area (Å²) in [6.07, 6.45) is 1.30. The first-order valence-corrected chi connectivity index (χ1v) is 10.6. The molecule has 6 nitrogen and oxygen atoms in total. The van der Waals surface area contributed by atoms with Crippen molar-refractivity contribution in [2.24, 2.45) is 5.92 Å². The van der Waals surface area contributed by atoms with Gasteiger partial charge in [-0.2, -0.15) is 0 Å². The number of rotatable bonds is 3. The summed E-state index contributed by atoms with van der Waals surface area (Å²) in [5.74, 6) is -0.118. The highest BCUT2D eigenvalue weighted by atomic mass is 32.1. The Morgan fingerprint density at radius 3 is 2.52 bits per heavy atom. The van der Waals surface area contributed by atoms with Crippen molar-refractivity contribution >= 4 is 44.3 Å². The number of thiazole rings is 1. The molecule has 0 aliphatic carbocycles. The summed E-state index contributed by atoms with van der Waals surface area (Å²) in [4.78, 5) is 31.5. The number of benzene rings is 2. The second-order valence-corrected chi connectivity index (χ2v) is 8.52. The van der Waals surface area contributed by atoms with Gasteiger partial charge in [0.1, 0.15) is 0 Å². The van der Waals surface area contributed by atoms with Gasteiger partial charge in [0.05, 0.1) is 10.2 Å². The lowest BCUT2D eigenvalue weighted by Crippen LogP contribution is -2.43. The summed E-state index contributed by atoms with van der Waals surface area (Å²) in [6, 6.07) is 13.5. The molecule has 2 aromatic carbocycles. The first-order valence-electron chi connectivity index (χ1n) is 9.79. The fourth-order valence-electron chi connectivity index (χ4n) is 3.70. The zero-order valence-electron chi connectivity index (χ0n) is 16.6. The molecule has 0 atom stereocenters. The van der Waals surface area contributed by atoms with Gasteiger partial charge >= 0.3 is 6.03 Å². The van der Waals surface area contributed by atoms with Gasteiger partial charge in [-0.1, -0.05) is 35.6 Å². The number of amides is 3. The van der Waals surface area contributed by atoms with Crippen molar-refractivity contribution in [1.82, 2.24) is 9.88 Å². The van der Waals surface area contributed by atoms with Crippen LogP contribution < -0.4 is 10.6 Å². The highest BCUT2D eigenvalue weighted by Crippen LogP contribution is 2.30. The molecule has 1 aromatic heterocycles. The largest absolute Gasteiger partial charge is 0.324 e. The third kappa shape index (κ3) is 4.40. The number of nitrogens with zero attached hydrogens (tertiary/aromatic N) is 2. The molecule has 1 saturated heterocycles. The van der Waals surface area contributed by atoms with Crippen LogP contribution in [0.3, 0.4) is 0 Å². The van der Waals surface area contributed by atoms with Crippen molar-refractivity contribution in [2.75, 3.05) is 23.7 Å². The van der Waals surface area contributed by atoms with Crippen LogP contribution in [-0.4, -0.2) is 34.9 Å². The number of nitrogens with one attached hydrogen (secondary N) is 2. The summed E-state index contributed by atoms with van der Waals surface area (Å²) in [6.45, 7) is 5.23. The predicted octanol–water partition coefficient (Wildman–Crippen LogP) is 4.80. The first kappa shape index (κ1) is 19.4. The van der Waals surface area contributed by atoms with Gasteiger partial charge in [-0.05, 0) is 56.0 Å². The number of para-hydroxylation sites is 1. The smallest absolute Gasteiger partial charge is 0.321 e. The quantitative estimate of drug-likeness (QED) is 0.654. The fraction of sp³-hybridized carbons (Fsp3) is 0.318. The van der Waals surface area contributed by atoms with E-state index in [1.165, 1.54) is 16.9 Å². The number of piperidine rings is 1. The summed E-state index contributed by atoms with van der Waals surface area (Å²) in [5, 5.41) is 6.52. The van der Waals surface area contributed by atoms with E-state index in [1.54, 1.807) is 4.90 Å². The maximum atomic E-state index is 12.7. The third-order valence-electron chi connectivity index (χ3n) is 5.24. The number of aromatic nitrogens is 1. The van der Waals surface area contributed by atoms with Crippen molar-refractivity contribution in [3.05, 3.63) is 53.6 Å². The molecule has 3 aromatic rings. The second kappa shape index (κ2) is 8.21. The standard InChI is InChI=1S/C22H24N4O2S/c1-14-12-15(2)19-18(13-14)29-21(24-19)25-20(27)16-8-10-26(11-9-16)22(28)23-17-6-4-3-5-7-17/h3-7,12-13,16H,8-11H2,1-2H3,(H,23,28)(H,24,25,27). The highest BCUT2D eigenvalue weighted by Gasteiger charge is 2.28. The number of carbonyl (C=O) groups is 2.